The van der Waals surface area contributed by atoms with Crippen molar-refractivity contribution in [2.75, 3.05) is 44.9 Å². The fraction of sp³-hybridized carbons (Fsp3) is 0.500. The average Bonchev–Trinajstić information content (AvgIpc) is 2.59. The summed E-state index contributed by atoms with van der Waals surface area (Å²) >= 11 is 0. The zero-order valence-corrected chi connectivity index (χ0v) is 13.2. The minimum Gasteiger partial charge on any atom is -0.480 e. The number of carboxylic acid groups (broad SMARTS) is 1. The molecule has 1 aromatic carbocycles. The molecule has 7 heteroatoms. The number of amides is 1. The summed E-state index contributed by atoms with van der Waals surface area (Å²) in [5.41, 5.74) is 1.46. The third-order valence-corrected chi connectivity index (χ3v) is 3.72. The number of methoxy groups -OCH3 is 1. The summed E-state index contributed by atoms with van der Waals surface area (Å²) in [6.07, 6.45) is 0.226. The molecule has 126 valence electrons. The van der Waals surface area contributed by atoms with Crippen molar-refractivity contribution in [1.82, 2.24) is 5.32 Å². The first kappa shape index (κ1) is 17.2. The number of morpholine rings is 1. The molecule has 23 heavy (non-hydrogen) atoms. The molecule has 0 bridgehead atoms. The molecule has 0 saturated carbocycles. The SMILES string of the molecule is COCCC(NC(=O)c1ccc(N2CCOCC2)cc1)C(=O)O. The van der Waals surface area contributed by atoms with Crippen LogP contribution in [0.3, 0.4) is 0 Å². The number of nitrogens with zero attached hydrogens (tertiary/aromatic N) is 1. The Balaban J connectivity index is 1.97. The van der Waals surface area contributed by atoms with Crippen molar-refractivity contribution in [2.24, 2.45) is 0 Å². The molecule has 1 saturated heterocycles. The van der Waals surface area contributed by atoms with Crippen LogP contribution in [0, 0.1) is 0 Å². The van der Waals surface area contributed by atoms with Gasteiger partial charge in [0.05, 0.1) is 13.2 Å². The van der Waals surface area contributed by atoms with Crippen LogP contribution in [0.2, 0.25) is 0 Å². The number of nitrogens with one attached hydrogen (secondary N) is 1. The van der Waals surface area contributed by atoms with E-state index in [1.807, 2.05) is 12.1 Å². The molecular weight excluding hydrogens is 300 g/mol. The van der Waals surface area contributed by atoms with Crippen LogP contribution >= 0.6 is 0 Å². The highest BCUT2D eigenvalue weighted by Gasteiger charge is 2.20. The predicted molar refractivity (Wildman–Crippen MR) is 84.9 cm³/mol. The van der Waals surface area contributed by atoms with Gasteiger partial charge >= 0.3 is 5.97 Å². The van der Waals surface area contributed by atoms with Crippen LogP contribution in [0.25, 0.3) is 0 Å². The number of hydrogen-bond donors (Lipinski definition) is 2. The lowest BCUT2D eigenvalue weighted by atomic mass is 10.1. The van der Waals surface area contributed by atoms with Gasteiger partial charge in [0.25, 0.3) is 5.91 Å². The van der Waals surface area contributed by atoms with E-state index in [4.69, 9.17) is 14.6 Å². The number of rotatable bonds is 7. The Labute approximate surface area is 135 Å². The standard InChI is InChI=1S/C16H22N2O5/c1-22-9-6-14(16(20)21)17-15(19)12-2-4-13(5-3-12)18-7-10-23-11-8-18/h2-5,14H,6-11H2,1H3,(H,17,19)(H,20,21). The number of ether oxygens (including phenoxy) is 2. The molecule has 2 rings (SSSR count). The van der Waals surface area contributed by atoms with Gasteiger partial charge in [0.2, 0.25) is 0 Å². The Morgan fingerprint density at radius 2 is 1.96 bits per heavy atom. The van der Waals surface area contributed by atoms with Crippen LogP contribution in [0.4, 0.5) is 5.69 Å². The summed E-state index contributed by atoms with van der Waals surface area (Å²) in [7, 11) is 1.49. The highest BCUT2D eigenvalue weighted by Crippen LogP contribution is 2.16. The van der Waals surface area contributed by atoms with Gasteiger partial charge in [0.15, 0.2) is 0 Å². The van der Waals surface area contributed by atoms with Gasteiger partial charge in [-0.3, -0.25) is 4.79 Å². The van der Waals surface area contributed by atoms with Gasteiger partial charge in [-0.15, -0.1) is 0 Å². The topological polar surface area (TPSA) is 88.1 Å². The lowest BCUT2D eigenvalue weighted by Crippen LogP contribution is -2.41. The number of hydrogen-bond acceptors (Lipinski definition) is 5. The van der Waals surface area contributed by atoms with Gasteiger partial charge in [-0.05, 0) is 24.3 Å². The van der Waals surface area contributed by atoms with Crippen molar-refractivity contribution in [1.29, 1.82) is 0 Å². The first-order valence-electron chi connectivity index (χ1n) is 7.57. The molecule has 1 amide bonds. The summed E-state index contributed by atoms with van der Waals surface area (Å²) in [6, 6.07) is 6.18. The van der Waals surface area contributed by atoms with E-state index in [1.165, 1.54) is 7.11 Å². The minimum absolute atomic E-state index is 0.226. The third-order valence-electron chi connectivity index (χ3n) is 3.72. The molecule has 1 aliphatic rings. The van der Waals surface area contributed by atoms with Crippen molar-refractivity contribution in [2.45, 2.75) is 12.5 Å². The van der Waals surface area contributed by atoms with Crippen molar-refractivity contribution >= 4 is 17.6 Å². The Kier molecular flexibility index (Phi) is 6.37. The van der Waals surface area contributed by atoms with Crippen molar-refractivity contribution < 1.29 is 24.2 Å². The Bertz CT molecular complexity index is 526. The minimum atomic E-state index is -1.07. The summed E-state index contributed by atoms with van der Waals surface area (Å²) in [5.74, 6) is -1.47. The Hall–Kier alpha value is -2.12. The normalized spacial score (nSPS) is 16.0. The zero-order chi connectivity index (χ0) is 16.7. The highest BCUT2D eigenvalue weighted by molar-refractivity contribution is 5.96. The number of carboxylic acids is 1. The second-order valence-electron chi connectivity index (χ2n) is 5.29. The van der Waals surface area contributed by atoms with Crippen molar-refractivity contribution in [3.05, 3.63) is 29.8 Å². The molecule has 1 heterocycles. The molecule has 0 aromatic heterocycles. The lowest BCUT2D eigenvalue weighted by Gasteiger charge is -2.28. The van der Waals surface area contributed by atoms with E-state index in [-0.39, 0.29) is 13.0 Å². The van der Waals surface area contributed by atoms with Crippen LogP contribution in [-0.4, -0.2) is 63.0 Å². The van der Waals surface area contributed by atoms with E-state index < -0.39 is 17.9 Å². The van der Waals surface area contributed by atoms with Crippen LogP contribution in [0.5, 0.6) is 0 Å². The van der Waals surface area contributed by atoms with Crippen molar-refractivity contribution in [3.63, 3.8) is 0 Å². The fourth-order valence-electron chi connectivity index (χ4n) is 2.38. The highest BCUT2D eigenvalue weighted by atomic mass is 16.5. The maximum absolute atomic E-state index is 12.2. The zero-order valence-electron chi connectivity index (χ0n) is 13.2. The van der Waals surface area contributed by atoms with E-state index in [9.17, 15) is 9.59 Å². The average molecular weight is 322 g/mol. The molecule has 1 aromatic rings. The predicted octanol–water partition coefficient (Wildman–Crippen LogP) is 0.743. The van der Waals surface area contributed by atoms with E-state index >= 15 is 0 Å². The molecule has 0 aliphatic carbocycles. The lowest BCUT2D eigenvalue weighted by molar-refractivity contribution is -0.139. The van der Waals surface area contributed by atoms with Crippen LogP contribution in [0.1, 0.15) is 16.8 Å². The van der Waals surface area contributed by atoms with Crippen molar-refractivity contribution in [3.8, 4) is 0 Å². The van der Waals surface area contributed by atoms with Crippen LogP contribution in [0.15, 0.2) is 24.3 Å². The quantitative estimate of drug-likeness (QED) is 0.770. The summed E-state index contributed by atoms with van der Waals surface area (Å²) < 4.78 is 10.2. The summed E-state index contributed by atoms with van der Waals surface area (Å²) in [6.45, 7) is 3.31. The Morgan fingerprint density at radius 3 is 2.52 bits per heavy atom. The van der Waals surface area contributed by atoms with Gasteiger partial charge in [-0.25, -0.2) is 4.79 Å². The number of aliphatic carboxylic acids is 1. The monoisotopic (exact) mass is 322 g/mol. The molecule has 1 fully saturated rings. The van der Waals surface area contributed by atoms with Gasteiger partial charge in [0, 0.05) is 44.5 Å². The molecule has 7 nitrogen and oxygen atoms in total. The molecule has 1 atom stereocenters. The number of carbonyl (C=O) groups is 2. The van der Waals surface area contributed by atoms with Gasteiger partial charge in [-0.2, -0.15) is 0 Å². The molecule has 0 radical (unpaired) electrons. The molecular formula is C16H22N2O5. The second-order valence-corrected chi connectivity index (χ2v) is 5.29. The van der Waals surface area contributed by atoms with E-state index in [0.717, 1.165) is 18.8 Å². The van der Waals surface area contributed by atoms with Crippen LogP contribution < -0.4 is 10.2 Å². The summed E-state index contributed by atoms with van der Waals surface area (Å²) in [4.78, 5) is 25.5. The largest absolute Gasteiger partial charge is 0.480 e. The third kappa shape index (κ3) is 4.94. The van der Waals surface area contributed by atoms with E-state index in [1.54, 1.807) is 12.1 Å². The maximum Gasteiger partial charge on any atom is 0.326 e. The summed E-state index contributed by atoms with van der Waals surface area (Å²) in [5, 5.41) is 11.6. The second kappa shape index (κ2) is 8.50. The molecule has 1 unspecified atom stereocenters. The van der Waals surface area contributed by atoms with E-state index in [2.05, 4.69) is 10.2 Å². The first-order valence-corrected chi connectivity index (χ1v) is 7.57. The molecule has 1 aliphatic heterocycles. The number of carbonyl (C=O) groups excluding carboxylic acids is 1. The smallest absolute Gasteiger partial charge is 0.326 e. The van der Waals surface area contributed by atoms with Crippen LogP contribution in [-0.2, 0) is 14.3 Å². The van der Waals surface area contributed by atoms with Gasteiger partial charge < -0.3 is 24.8 Å². The first-order chi connectivity index (χ1) is 11.1. The van der Waals surface area contributed by atoms with Gasteiger partial charge in [-0.1, -0.05) is 0 Å². The molecule has 2 N–H and O–H groups in total. The number of anilines is 1. The maximum atomic E-state index is 12.2. The molecule has 0 spiro atoms. The fourth-order valence-corrected chi connectivity index (χ4v) is 2.38. The van der Waals surface area contributed by atoms with Gasteiger partial charge in [0.1, 0.15) is 6.04 Å². The number of benzene rings is 1. The Morgan fingerprint density at radius 1 is 1.30 bits per heavy atom. The van der Waals surface area contributed by atoms with E-state index in [0.29, 0.717) is 18.8 Å².